The lowest BCUT2D eigenvalue weighted by Crippen LogP contribution is -2.29. The van der Waals surface area contributed by atoms with Gasteiger partial charge in [0.1, 0.15) is 5.75 Å². The summed E-state index contributed by atoms with van der Waals surface area (Å²) >= 11 is 9.59. The van der Waals surface area contributed by atoms with Crippen molar-refractivity contribution in [3.05, 3.63) is 100 Å². The van der Waals surface area contributed by atoms with Crippen LogP contribution in [0, 0.1) is 13.8 Å². The minimum absolute atomic E-state index is 0.250. The first-order chi connectivity index (χ1) is 18.6. The van der Waals surface area contributed by atoms with E-state index in [4.69, 9.17) is 17.0 Å². The number of hydrogen-bond donors (Lipinski definition) is 2. The lowest BCUT2D eigenvalue weighted by atomic mass is 9.96. The molecule has 5 rings (SSSR count). The number of nitrogens with one attached hydrogen (secondary N) is 2. The van der Waals surface area contributed by atoms with E-state index in [0.29, 0.717) is 22.2 Å². The summed E-state index contributed by atoms with van der Waals surface area (Å²) in [6.07, 6.45) is 2.88. The van der Waals surface area contributed by atoms with Gasteiger partial charge in [0.15, 0.2) is 5.11 Å². The van der Waals surface area contributed by atoms with Gasteiger partial charge in [0.05, 0.1) is 42.5 Å². The molecule has 39 heavy (non-hydrogen) atoms. The lowest BCUT2D eigenvalue weighted by Gasteiger charge is -2.29. The smallest absolute Gasteiger partial charge is 0.229 e. The first-order valence-electron chi connectivity index (χ1n) is 12.2. The molecule has 4 aromatic rings. The van der Waals surface area contributed by atoms with Gasteiger partial charge in [0.2, 0.25) is 10.0 Å². The zero-order valence-electron chi connectivity index (χ0n) is 21.8. The zero-order valence-corrected chi connectivity index (χ0v) is 25.1. The van der Waals surface area contributed by atoms with Gasteiger partial charge in [-0.15, -0.1) is 0 Å². The fourth-order valence-electron chi connectivity index (χ4n) is 5.17. The second-order valence-electron chi connectivity index (χ2n) is 9.37. The average molecular weight is 627 g/mol. The third kappa shape index (κ3) is 5.26. The van der Waals surface area contributed by atoms with Crippen LogP contribution in [-0.4, -0.2) is 36.4 Å². The number of methoxy groups -OCH3 is 1. The molecule has 2 aromatic carbocycles. The van der Waals surface area contributed by atoms with Gasteiger partial charge < -0.3 is 19.5 Å². The number of nitrogens with zero attached hydrogens (tertiary/aromatic N) is 3. The predicted molar refractivity (Wildman–Crippen MR) is 162 cm³/mol. The van der Waals surface area contributed by atoms with Crippen LogP contribution in [-0.2, 0) is 10.0 Å². The van der Waals surface area contributed by atoms with Crippen molar-refractivity contribution < 1.29 is 13.2 Å². The van der Waals surface area contributed by atoms with E-state index in [2.05, 4.69) is 61.5 Å². The number of aromatic nitrogens is 2. The second kappa shape index (κ2) is 10.6. The molecule has 1 aliphatic rings. The Balaban J connectivity index is 1.69. The SMILES string of the molecule is COc1ccc(N2C(=S)NC(c3ccccn3)C2c2cc(C)n(-c3ccccc3Br)c2C)cc1NS(C)(=O)=O. The molecule has 11 heteroatoms. The summed E-state index contributed by atoms with van der Waals surface area (Å²) in [5, 5.41) is 3.99. The van der Waals surface area contributed by atoms with Crippen LogP contribution in [0.3, 0.4) is 0 Å². The molecule has 8 nitrogen and oxygen atoms in total. The molecular weight excluding hydrogens is 598 g/mol. The summed E-state index contributed by atoms with van der Waals surface area (Å²) in [4.78, 5) is 6.67. The molecule has 2 aromatic heterocycles. The van der Waals surface area contributed by atoms with Gasteiger partial charge in [-0.25, -0.2) is 8.42 Å². The Morgan fingerprint density at radius 1 is 1.08 bits per heavy atom. The van der Waals surface area contributed by atoms with Crippen LogP contribution in [0.1, 0.15) is 34.7 Å². The zero-order chi connectivity index (χ0) is 27.9. The predicted octanol–water partition coefficient (Wildman–Crippen LogP) is 5.81. The Hall–Kier alpha value is -3.41. The Kier molecular flexibility index (Phi) is 7.41. The van der Waals surface area contributed by atoms with Crippen molar-refractivity contribution >= 4 is 54.7 Å². The maximum Gasteiger partial charge on any atom is 0.229 e. The monoisotopic (exact) mass is 625 g/mol. The van der Waals surface area contributed by atoms with Gasteiger partial charge in [-0.2, -0.15) is 0 Å². The number of para-hydroxylation sites is 1. The van der Waals surface area contributed by atoms with Crippen LogP contribution in [0.4, 0.5) is 11.4 Å². The number of halogens is 1. The van der Waals surface area contributed by atoms with E-state index in [0.717, 1.165) is 39.1 Å². The highest BCUT2D eigenvalue weighted by atomic mass is 79.9. The largest absolute Gasteiger partial charge is 0.495 e. The van der Waals surface area contributed by atoms with E-state index < -0.39 is 10.0 Å². The third-order valence-corrected chi connectivity index (χ3v) is 8.31. The highest BCUT2D eigenvalue weighted by Gasteiger charge is 2.42. The number of aryl methyl sites for hydroxylation is 1. The number of pyridine rings is 1. The maximum atomic E-state index is 12.1. The van der Waals surface area contributed by atoms with E-state index in [1.807, 2.05) is 47.4 Å². The van der Waals surface area contributed by atoms with Crippen LogP contribution in [0.15, 0.2) is 77.4 Å². The molecule has 202 valence electrons. The Morgan fingerprint density at radius 3 is 2.49 bits per heavy atom. The van der Waals surface area contributed by atoms with Crippen LogP contribution in [0.5, 0.6) is 5.75 Å². The standard InChI is InChI=1S/C28H28BrN5O3S2/c1-17-15-20(18(2)33(17)24-11-6-5-9-21(24)29)27-26(22-10-7-8-14-30-22)31-28(38)34(27)19-12-13-25(37-3)23(16-19)32-39(4,35)36/h5-16,26-27,32H,1-4H3,(H,31,38). The van der Waals surface area contributed by atoms with Gasteiger partial charge in [-0.3, -0.25) is 9.71 Å². The van der Waals surface area contributed by atoms with Crippen molar-refractivity contribution in [3.63, 3.8) is 0 Å². The quantitative estimate of drug-likeness (QED) is 0.251. The van der Waals surface area contributed by atoms with E-state index in [-0.39, 0.29) is 12.1 Å². The number of ether oxygens (including phenoxy) is 1. The van der Waals surface area contributed by atoms with Crippen molar-refractivity contribution in [2.24, 2.45) is 0 Å². The second-order valence-corrected chi connectivity index (χ2v) is 12.4. The van der Waals surface area contributed by atoms with Crippen molar-refractivity contribution in [1.29, 1.82) is 0 Å². The van der Waals surface area contributed by atoms with Crippen LogP contribution >= 0.6 is 28.1 Å². The van der Waals surface area contributed by atoms with E-state index >= 15 is 0 Å². The molecule has 1 aliphatic heterocycles. The summed E-state index contributed by atoms with van der Waals surface area (Å²) < 4.78 is 35.4. The number of benzene rings is 2. The number of anilines is 2. The molecule has 0 amide bonds. The van der Waals surface area contributed by atoms with Crippen molar-refractivity contribution in [1.82, 2.24) is 14.9 Å². The average Bonchev–Trinajstić information content (AvgIpc) is 3.39. The topological polar surface area (TPSA) is 88.5 Å². The van der Waals surface area contributed by atoms with Gasteiger partial charge in [0, 0.05) is 27.7 Å². The molecule has 1 saturated heterocycles. The Morgan fingerprint density at radius 2 is 1.82 bits per heavy atom. The molecule has 2 atom stereocenters. The Bertz CT molecular complexity index is 1660. The molecule has 0 spiro atoms. The summed E-state index contributed by atoms with van der Waals surface area (Å²) in [5.41, 5.74) is 6.14. The van der Waals surface area contributed by atoms with Gasteiger partial charge in [-0.05, 0) is 96.1 Å². The fourth-order valence-corrected chi connectivity index (χ4v) is 6.53. The van der Waals surface area contributed by atoms with Crippen LogP contribution in [0.25, 0.3) is 5.69 Å². The molecule has 2 unspecified atom stereocenters. The normalized spacial score (nSPS) is 17.3. The van der Waals surface area contributed by atoms with E-state index in [1.165, 1.54) is 7.11 Å². The van der Waals surface area contributed by atoms with Crippen LogP contribution < -0.4 is 19.7 Å². The van der Waals surface area contributed by atoms with Crippen molar-refractivity contribution in [2.45, 2.75) is 25.9 Å². The van der Waals surface area contributed by atoms with Gasteiger partial charge in [0.25, 0.3) is 0 Å². The highest BCUT2D eigenvalue weighted by Crippen LogP contribution is 2.45. The van der Waals surface area contributed by atoms with Gasteiger partial charge in [-0.1, -0.05) is 18.2 Å². The van der Waals surface area contributed by atoms with Crippen molar-refractivity contribution in [3.8, 4) is 11.4 Å². The number of thiocarbonyl (C=S) groups is 1. The minimum Gasteiger partial charge on any atom is -0.495 e. The maximum absolute atomic E-state index is 12.1. The number of rotatable bonds is 7. The number of sulfonamides is 1. The lowest BCUT2D eigenvalue weighted by molar-refractivity contribution is 0.417. The summed E-state index contributed by atoms with van der Waals surface area (Å²) in [7, 11) is -2.04. The highest BCUT2D eigenvalue weighted by molar-refractivity contribution is 9.10. The first kappa shape index (κ1) is 27.2. The summed E-state index contributed by atoms with van der Waals surface area (Å²) in [5.74, 6) is 0.409. The van der Waals surface area contributed by atoms with Gasteiger partial charge >= 0.3 is 0 Å². The molecule has 3 heterocycles. The first-order valence-corrected chi connectivity index (χ1v) is 15.3. The molecule has 2 N–H and O–H groups in total. The summed E-state index contributed by atoms with van der Waals surface area (Å²) in [6, 6.07) is 20.9. The molecular formula is C28H28BrN5O3S2. The summed E-state index contributed by atoms with van der Waals surface area (Å²) in [6.45, 7) is 4.18. The molecule has 0 aliphatic carbocycles. The van der Waals surface area contributed by atoms with E-state index in [9.17, 15) is 8.42 Å². The number of hydrogen-bond acceptors (Lipinski definition) is 5. The van der Waals surface area contributed by atoms with Crippen LogP contribution in [0.2, 0.25) is 0 Å². The van der Waals surface area contributed by atoms with Crippen molar-refractivity contribution in [2.75, 3.05) is 23.0 Å². The molecule has 1 fully saturated rings. The molecule has 0 radical (unpaired) electrons. The molecule has 0 bridgehead atoms. The molecule has 0 saturated carbocycles. The minimum atomic E-state index is -3.54. The van der Waals surface area contributed by atoms with E-state index in [1.54, 1.807) is 18.3 Å². The fraction of sp³-hybridized carbons (Fsp3) is 0.214. The third-order valence-electron chi connectivity index (χ3n) is 6.74. The Labute approximate surface area is 242 Å².